The van der Waals surface area contributed by atoms with Crippen LogP contribution in [0.25, 0.3) is 11.1 Å². The lowest BCUT2D eigenvalue weighted by Crippen LogP contribution is -2.56. The molecule has 1 unspecified atom stereocenters. The van der Waals surface area contributed by atoms with Crippen molar-refractivity contribution in [2.75, 3.05) is 26.2 Å². The zero-order valence-corrected chi connectivity index (χ0v) is 18.0. The second kappa shape index (κ2) is 9.36. The van der Waals surface area contributed by atoms with E-state index in [2.05, 4.69) is 5.32 Å². The van der Waals surface area contributed by atoms with Crippen LogP contribution in [0.1, 0.15) is 23.5 Å². The minimum Gasteiger partial charge on any atom is -0.481 e. The van der Waals surface area contributed by atoms with Gasteiger partial charge >= 0.3 is 18.2 Å². The van der Waals surface area contributed by atoms with E-state index in [1.807, 2.05) is 48.5 Å². The van der Waals surface area contributed by atoms with E-state index in [1.165, 1.54) is 0 Å². The molecule has 180 valence electrons. The Labute approximate surface area is 193 Å². The maximum Gasteiger partial charge on any atom is 0.407 e. The van der Waals surface area contributed by atoms with Gasteiger partial charge in [0.05, 0.1) is 6.42 Å². The molecule has 0 saturated carbocycles. The molecule has 0 bridgehead atoms. The van der Waals surface area contributed by atoms with Crippen molar-refractivity contribution in [3.63, 3.8) is 0 Å². The summed E-state index contributed by atoms with van der Waals surface area (Å²) in [5.41, 5.74) is 3.97. The first-order chi connectivity index (χ1) is 16.1. The van der Waals surface area contributed by atoms with Gasteiger partial charge in [0.25, 0.3) is 0 Å². The summed E-state index contributed by atoms with van der Waals surface area (Å²) in [6, 6.07) is 15.3. The Morgan fingerprint density at radius 2 is 1.59 bits per heavy atom. The summed E-state index contributed by atoms with van der Waals surface area (Å²) >= 11 is 0. The molecule has 0 aromatic heterocycles. The fraction of sp³-hybridized carbons (Fsp3) is 0.375. The number of benzene rings is 2. The number of hydrogen-bond acceptors (Lipinski definition) is 4. The predicted molar refractivity (Wildman–Crippen MR) is 115 cm³/mol. The highest BCUT2D eigenvalue weighted by Crippen LogP contribution is 2.44. The average molecular weight is 476 g/mol. The topological polar surface area (TPSA) is 95.9 Å². The molecule has 2 amide bonds. The Morgan fingerprint density at radius 3 is 2.12 bits per heavy atom. The molecule has 1 fully saturated rings. The van der Waals surface area contributed by atoms with E-state index in [-0.39, 0.29) is 38.0 Å². The Hall–Kier alpha value is -3.56. The van der Waals surface area contributed by atoms with Crippen molar-refractivity contribution in [1.29, 1.82) is 0 Å². The number of alkyl carbamates (subject to hydrolysis) is 1. The Bertz CT molecular complexity index is 1050. The highest BCUT2D eigenvalue weighted by molar-refractivity contribution is 5.82. The third-order valence-corrected chi connectivity index (χ3v) is 6.22. The number of likely N-dealkylation sites (tertiary alicyclic amines) is 1. The largest absolute Gasteiger partial charge is 0.481 e. The smallest absolute Gasteiger partial charge is 0.407 e. The van der Waals surface area contributed by atoms with Crippen LogP contribution in [0, 0.1) is 11.8 Å². The van der Waals surface area contributed by atoms with Crippen LogP contribution in [-0.2, 0) is 14.3 Å². The summed E-state index contributed by atoms with van der Waals surface area (Å²) in [6.45, 7) is -1.13. The van der Waals surface area contributed by atoms with Gasteiger partial charge in [0.15, 0.2) is 5.92 Å². The molecule has 1 atom stereocenters. The zero-order chi connectivity index (χ0) is 24.5. The molecule has 2 aromatic carbocycles. The van der Waals surface area contributed by atoms with Crippen molar-refractivity contribution in [2.24, 2.45) is 11.8 Å². The molecular formula is C24H23F3N2O5. The molecule has 0 radical (unpaired) electrons. The third-order valence-electron chi connectivity index (χ3n) is 6.22. The van der Waals surface area contributed by atoms with Crippen molar-refractivity contribution >= 4 is 18.0 Å². The van der Waals surface area contributed by atoms with Gasteiger partial charge in [0, 0.05) is 31.5 Å². The van der Waals surface area contributed by atoms with Crippen LogP contribution in [0.3, 0.4) is 0 Å². The molecule has 0 spiro atoms. The van der Waals surface area contributed by atoms with Crippen LogP contribution < -0.4 is 5.32 Å². The lowest BCUT2D eigenvalue weighted by Gasteiger charge is -2.40. The maximum absolute atomic E-state index is 13.5. The van der Waals surface area contributed by atoms with Crippen molar-refractivity contribution < 1.29 is 37.4 Å². The van der Waals surface area contributed by atoms with Crippen LogP contribution in [0.4, 0.5) is 18.0 Å². The van der Waals surface area contributed by atoms with E-state index < -0.39 is 36.6 Å². The summed E-state index contributed by atoms with van der Waals surface area (Å²) in [5.74, 6) is -5.30. The lowest BCUT2D eigenvalue weighted by atomic mass is 9.94. The quantitative estimate of drug-likeness (QED) is 0.636. The first-order valence-electron chi connectivity index (χ1n) is 10.8. The summed E-state index contributed by atoms with van der Waals surface area (Å²) in [7, 11) is 0. The average Bonchev–Trinajstić information content (AvgIpc) is 3.07. The number of carboxylic acid groups (broad SMARTS) is 1. The van der Waals surface area contributed by atoms with Gasteiger partial charge in [0.1, 0.15) is 6.61 Å². The van der Waals surface area contributed by atoms with E-state index in [9.17, 15) is 27.6 Å². The van der Waals surface area contributed by atoms with Gasteiger partial charge in [-0.25, -0.2) is 4.79 Å². The predicted octanol–water partition coefficient (Wildman–Crippen LogP) is 3.64. The number of amides is 2. The van der Waals surface area contributed by atoms with Gasteiger partial charge in [0.2, 0.25) is 5.91 Å². The summed E-state index contributed by atoms with van der Waals surface area (Å²) in [4.78, 5) is 36.2. The zero-order valence-electron chi connectivity index (χ0n) is 18.0. The number of alkyl halides is 3. The highest BCUT2D eigenvalue weighted by atomic mass is 19.4. The fourth-order valence-electron chi connectivity index (χ4n) is 4.52. The normalized spacial score (nSPS) is 16.3. The molecule has 1 aliphatic carbocycles. The second-order valence-corrected chi connectivity index (χ2v) is 8.51. The molecule has 10 heteroatoms. The molecular weight excluding hydrogens is 453 g/mol. The van der Waals surface area contributed by atoms with Gasteiger partial charge in [-0.2, -0.15) is 13.2 Å². The summed E-state index contributed by atoms with van der Waals surface area (Å²) < 4.78 is 45.7. The summed E-state index contributed by atoms with van der Waals surface area (Å²) in [6.07, 6.45) is -6.12. The van der Waals surface area contributed by atoms with Gasteiger partial charge in [-0.05, 0) is 22.3 Å². The van der Waals surface area contributed by atoms with Crippen molar-refractivity contribution in [1.82, 2.24) is 10.2 Å². The minimum absolute atomic E-state index is 0.0529. The molecule has 1 heterocycles. The standard InChI is InChI=1S/C24H23F3N2O5/c25-24(26,27)20(22(32)29-11-14(12-29)9-21(30)31)10-28-23(33)34-13-19-17-7-3-1-5-15(17)16-6-2-4-8-18(16)19/h1-8,14,19-20H,9-13H2,(H,28,33)(H,30,31). The number of carbonyl (C=O) groups excluding carboxylic acids is 2. The number of halogens is 3. The molecule has 4 rings (SSSR count). The minimum atomic E-state index is -4.87. The van der Waals surface area contributed by atoms with Crippen LogP contribution in [-0.4, -0.2) is 60.4 Å². The number of carboxylic acids is 1. The van der Waals surface area contributed by atoms with E-state index in [0.717, 1.165) is 27.2 Å². The van der Waals surface area contributed by atoms with Gasteiger partial charge in [-0.3, -0.25) is 9.59 Å². The van der Waals surface area contributed by atoms with E-state index >= 15 is 0 Å². The second-order valence-electron chi connectivity index (χ2n) is 8.51. The summed E-state index contributed by atoms with van der Waals surface area (Å²) in [5, 5.41) is 10.8. The number of hydrogen-bond donors (Lipinski definition) is 2. The Balaban J connectivity index is 1.34. The Morgan fingerprint density at radius 1 is 1.03 bits per heavy atom. The van der Waals surface area contributed by atoms with E-state index in [4.69, 9.17) is 9.84 Å². The van der Waals surface area contributed by atoms with E-state index in [0.29, 0.717) is 0 Å². The number of nitrogens with zero attached hydrogens (tertiary/aromatic N) is 1. The highest BCUT2D eigenvalue weighted by Gasteiger charge is 2.49. The van der Waals surface area contributed by atoms with E-state index in [1.54, 1.807) is 0 Å². The molecule has 2 aromatic rings. The lowest BCUT2D eigenvalue weighted by molar-refractivity contribution is -0.192. The number of carbonyl (C=O) groups is 3. The number of ether oxygens (including phenoxy) is 1. The molecule has 7 nitrogen and oxygen atoms in total. The first-order valence-corrected chi connectivity index (χ1v) is 10.8. The van der Waals surface area contributed by atoms with Crippen LogP contribution >= 0.6 is 0 Å². The SMILES string of the molecule is O=C(O)CC1CN(C(=O)C(CNC(=O)OCC2c3ccccc3-c3ccccc32)C(F)(F)F)C1. The van der Waals surface area contributed by atoms with Crippen LogP contribution in [0.15, 0.2) is 48.5 Å². The number of aliphatic carboxylic acids is 1. The Kier molecular flexibility index (Phi) is 6.49. The van der Waals surface area contributed by atoms with Crippen LogP contribution in [0.2, 0.25) is 0 Å². The number of fused-ring (bicyclic) bond motifs is 3. The molecule has 2 aliphatic rings. The molecule has 2 N–H and O–H groups in total. The van der Waals surface area contributed by atoms with Crippen LogP contribution in [0.5, 0.6) is 0 Å². The maximum atomic E-state index is 13.5. The fourth-order valence-corrected chi connectivity index (χ4v) is 4.52. The van der Waals surface area contributed by atoms with Gasteiger partial charge < -0.3 is 20.1 Å². The first kappa shape index (κ1) is 23.6. The van der Waals surface area contributed by atoms with Crippen molar-refractivity contribution in [3.05, 3.63) is 59.7 Å². The van der Waals surface area contributed by atoms with Gasteiger partial charge in [-0.1, -0.05) is 48.5 Å². The monoisotopic (exact) mass is 476 g/mol. The molecule has 34 heavy (non-hydrogen) atoms. The number of nitrogens with one attached hydrogen (secondary N) is 1. The molecule has 1 saturated heterocycles. The van der Waals surface area contributed by atoms with Gasteiger partial charge in [-0.15, -0.1) is 0 Å². The van der Waals surface area contributed by atoms with Crippen molar-refractivity contribution in [2.45, 2.75) is 18.5 Å². The van der Waals surface area contributed by atoms with Crippen molar-refractivity contribution in [3.8, 4) is 11.1 Å². The third kappa shape index (κ3) is 4.85. The number of rotatable bonds is 7. The molecule has 1 aliphatic heterocycles.